The highest BCUT2D eigenvalue weighted by atomic mass is 16.6. The van der Waals surface area contributed by atoms with Crippen molar-refractivity contribution in [1.29, 1.82) is 0 Å². The third-order valence-corrected chi connectivity index (χ3v) is 3.00. The number of carbonyl (C=O) groups excluding carboxylic acids is 2. The summed E-state index contributed by atoms with van der Waals surface area (Å²) in [5, 5.41) is 0. The van der Waals surface area contributed by atoms with Gasteiger partial charge in [-0.05, 0) is 60.5 Å². The Labute approximate surface area is 145 Å². The highest BCUT2D eigenvalue weighted by molar-refractivity contribution is 5.92. The summed E-state index contributed by atoms with van der Waals surface area (Å²) in [6.45, 7) is 11.0. The number of methoxy groups -OCH3 is 1. The lowest BCUT2D eigenvalue weighted by atomic mass is 10.1. The SMILES string of the molecule is CC=C(C=C(C)C=CCCC=C(C)C(=O)OC)C(=O)OC(C)(C)C. The predicted molar refractivity (Wildman–Crippen MR) is 97.5 cm³/mol. The summed E-state index contributed by atoms with van der Waals surface area (Å²) in [6, 6.07) is 0. The average molecular weight is 334 g/mol. The molecule has 0 heterocycles. The maximum Gasteiger partial charge on any atom is 0.338 e. The molecule has 0 spiro atoms. The second-order valence-electron chi connectivity index (χ2n) is 6.49. The molecule has 0 radical (unpaired) electrons. The number of carbonyl (C=O) groups is 2. The molecule has 0 saturated carbocycles. The van der Waals surface area contributed by atoms with Gasteiger partial charge in [-0.1, -0.05) is 29.9 Å². The Morgan fingerprint density at radius 1 is 1.04 bits per heavy atom. The molecule has 0 rings (SSSR count). The molecule has 4 heteroatoms. The van der Waals surface area contributed by atoms with Crippen molar-refractivity contribution < 1.29 is 19.1 Å². The average Bonchev–Trinajstić information content (AvgIpc) is 2.49. The minimum atomic E-state index is -0.507. The molecule has 0 amide bonds. The summed E-state index contributed by atoms with van der Waals surface area (Å²) in [7, 11) is 1.37. The molecular weight excluding hydrogens is 304 g/mol. The molecule has 0 saturated heterocycles. The highest BCUT2D eigenvalue weighted by Crippen LogP contribution is 2.13. The van der Waals surface area contributed by atoms with Crippen molar-refractivity contribution in [2.75, 3.05) is 7.11 Å². The molecule has 24 heavy (non-hydrogen) atoms. The van der Waals surface area contributed by atoms with Gasteiger partial charge in [-0.15, -0.1) is 0 Å². The molecule has 4 nitrogen and oxygen atoms in total. The van der Waals surface area contributed by atoms with Crippen LogP contribution >= 0.6 is 0 Å². The van der Waals surface area contributed by atoms with Crippen molar-refractivity contribution in [3.8, 4) is 0 Å². The number of unbranched alkanes of at least 4 members (excludes halogenated alkanes) is 1. The van der Waals surface area contributed by atoms with E-state index in [2.05, 4.69) is 4.74 Å². The first-order valence-corrected chi connectivity index (χ1v) is 8.10. The lowest BCUT2D eigenvalue weighted by Gasteiger charge is -2.19. The van der Waals surface area contributed by atoms with Crippen molar-refractivity contribution >= 4 is 11.9 Å². The van der Waals surface area contributed by atoms with Gasteiger partial charge in [0.1, 0.15) is 5.60 Å². The molecule has 0 aromatic carbocycles. The molecule has 0 aliphatic rings. The van der Waals surface area contributed by atoms with Crippen LogP contribution in [-0.2, 0) is 19.1 Å². The predicted octanol–water partition coefficient (Wildman–Crippen LogP) is 4.68. The number of esters is 2. The molecule has 0 fully saturated rings. The fourth-order valence-electron chi connectivity index (χ4n) is 1.80. The standard InChI is InChI=1S/C20H30O4/c1-8-17(19(22)24-20(4,5)6)14-15(2)12-10-9-11-13-16(3)18(21)23-7/h8,10,12-14H,9,11H2,1-7H3. The number of ether oxygens (including phenoxy) is 2. The second kappa shape index (κ2) is 10.6. The topological polar surface area (TPSA) is 52.6 Å². The van der Waals surface area contributed by atoms with Crippen LogP contribution in [0.5, 0.6) is 0 Å². The van der Waals surface area contributed by atoms with Gasteiger partial charge in [0, 0.05) is 5.57 Å². The van der Waals surface area contributed by atoms with Crippen molar-refractivity contribution in [2.45, 2.75) is 60.0 Å². The van der Waals surface area contributed by atoms with Gasteiger partial charge in [-0.3, -0.25) is 0 Å². The fourth-order valence-corrected chi connectivity index (χ4v) is 1.80. The lowest BCUT2D eigenvalue weighted by molar-refractivity contribution is -0.149. The molecule has 0 aromatic rings. The smallest absolute Gasteiger partial charge is 0.338 e. The number of allylic oxidation sites excluding steroid dienone is 5. The zero-order valence-corrected chi connectivity index (χ0v) is 15.9. The van der Waals surface area contributed by atoms with Crippen molar-refractivity contribution in [2.24, 2.45) is 0 Å². The Morgan fingerprint density at radius 3 is 2.17 bits per heavy atom. The van der Waals surface area contributed by atoms with Gasteiger partial charge in [0.15, 0.2) is 0 Å². The zero-order chi connectivity index (χ0) is 18.8. The Kier molecular flexibility index (Phi) is 9.70. The van der Waals surface area contributed by atoms with Crippen LogP contribution in [0, 0.1) is 0 Å². The maximum absolute atomic E-state index is 12.1. The summed E-state index contributed by atoms with van der Waals surface area (Å²) in [5.41, 5.74) is 1.60. The van der Waals surface area contributed by atoms with Crippen molar-refractivity contribution in [3.05, 3.63) is 47.1 Å². The van der Waals surface area contributed by atoms with Crippen LogP contribution in [-0.4, -0.2) is 24.6 Å². The van der Waals surface area contributed by atoms with Gasteiger partial charge < -0.3 is 9.47 Å². The third-order valence-electron chi connectivity index (χ3n) is 3.00. The van der Waals surface area contributed by atoms with Crippen LogP contribution in [0.1, 0.15) is 54.4 Å². The van der Waals surface area contributed by atoms with Crippen LogP contribution in [0.2, 0.25) is 0 Å². The van der Waals surface area contributed by atoms with E-state index in [1.807, 2.05) is 52.8 Å². The summed E-state index contributed by atoms with van der Waals surface area (Å²) in [6.07, 6.45) is 10.9. The van der Waals surface area contributed by atoms with Crippen LogP contribution in [0.4, 0.5) is 0 Å². The first-order chi connectivity index (χ1) is 11.1. The molecule has 0 aromatic heterocycles. The monoisotopic (exact) mass is 334 g/mol. The van der Waals surface area contributed by atoms with Crippen molar-refractivity contribution in [3.63, 3.8) is 0 Å². The highest BCUT2D eigenvalue weighted by Gasteiger charge is 2.18. The molecule has 134 valence electrons. The van der Waals surface area contributed by atoms with Crippen molar-refractivity contribution in [1.82, 2.24) is 0 Å². The van der Waals surface area contributed by atoms with Gasteiger partial charge >= 0.3 is 11.9 Å². The minimum Gasteiger partial charge on any atom is -0.466 e. The quantitative estimate of drug-likeness (QED) is 0.294. The molecule has 0 aliphatic heterocycles. The van der Waals surface area contributed by atoms with E-state index in [-0.39, 0.29) is 11.9 Å². The van der Waals surface area contributed by atoms with E-state index >= 15 is 0 Å². The van der Waals surface area contributed by atoms with Gasteiger partial charge in [-0.25, -0.2) is 9.59 Å². The Morgan fingerprint density at radius 2 is 1.67 bits per heavy atom. The lowest BCUT2D eigenvalue weighted by Crippen LogP contribution is -2.24. The molecule has 0 aliphatic carbocycles. The van der Waals surface area contributed by atoms with E-state index in [1.165, 1.54) is 7.11 Å². The van der Waals surface area contributed by atoms with E-state index in [1.54, 1.807) is 19.1 Å². The zero-order valence-electron chi connectivity index (χ0n) is 15.9. The van der Waals surface area contributed by atoms with Crippen LogP contribution < -0.4 is 0 Å². The van der Waals surface area contributed by atoms with Gasteiger partial charge in [0.25, 0.3) is 0 Å². The van der Waals surface area contributed by atoms with E-state index < -0.39 is 5.60 Å². The molecule has 0 atom stereocenters. The summed E-state index contributed by atoms with van der Waals surface area (Å²) >= 11 is 0. The number of rotatable bonds is 7. The van der Waals surface area contributed by atoms with Crippen LogP contribution in [0.15, 0.2) is 47.1 Å². The molecule has 0 unspecified atom stereocenters. The van der Waals surface area contributed by atoms with Gasteiger partial charge in [0.2, 0.25) is 0 Å². The first kappa shape index (κ1) is 21.9. The van der Waals surface area contributed by atoms with E-state index in [4.69, 9.17) is 4.74 Å². The van der Waals surface area contributed by atoms with Gasteiger partial charge in [-0.2, -0.15) is 0 Å². The fraction of sp³-hybridized carbons (Fsp3) is 0.500. The van der Waals surface area contributed by atoms with Gasteiger partial charge in [0.05, 0.1) is 12.7 Å². The summed E-state index contributed by atoms with van der Waals surface area (Å²) in [4.78, 5) is 23.3. The second-order valence-corrected chi connectivity index (χ2v) is 6.49. The number of hydrogen-bond acceptors (Lipinski definition) is 4. The van der Waals surface area contributed by atoms with E-state index in [9.17, 15) is 9.59 Å². The minimum absolute atomic E-state index is 0.301. The summed E-state index contributed by atoms with van der Waals surface area (Å²) < 4.78 is 10.0. The largest absolute Gasteiger partial charge is 0.466 e. The third kappa shape index (κ3) is 9.82. The Bertz CT molecular complexity index is 555. The molecule has 0 N–H and O–H groups in total. The molecule has 0 bridgehead atoms. The van der Waals surface area contributed by atoms with E-state index in [0.29, 0.717) is 11.1 Å². The Balaban J connectivity index is 4.63. The molecular formula is C20H30O4. The van der Waals surface area contributed by atoms with E-state index in [0.717, 1.165) is 18.4 Å². The maximum atomic E-state index is 12.1. The normalized spacial score (nSPS) is 14.0. The summed E-state index contributed by atoms with van der Waals surface area (Å²) in [5.74, 6) is -0.625. The number of hydrogen-bond donors (Lipinski definition) is 0. The first-order valence-electron chi connectivity index (χ1n) is 8.10. The Hall–Kier alpha value is -2.10. The van der Waals surface area contributed by atoms with Crippen LogP contribution in [0.3, 0.4) is 0 Å². The van der Waals surface area contributed by atoms with Crippen LogP contribution in [0.25, 0.3) is 0 Å².